The molecule has 0 aliphatic heterocycles. The van der Waals surface area contributed by atoms with Gasteiger partial charge in [-0.1, -0.05) is 12.1 Å². The maximum atomic E-state index is 13.1. The number of nitrogens with one attached hydrogen (secondary N) is 1. The van der Waals surface area contributed by atoms with E-state index in [1.54, 1.807) is 43.7 Å². The van der Waals surface area contributed by atoms with Crippen molar-refractivity contribution in [1.82, 2.24) is 0 Å². The Morgan fingerprint density at radius 2 is 1.67 bits per heavy atom. The van der Waals surface area contributed by atoms with E-state index < -0.39 is 7.14 Å². The number of hydrogen-bond acceptors (Lipinski definition) is 4. The summed E-state index contributed by atoms with van der Waals surface area (Å²) in [5, 5.41) is 13.4. The number of rotatable bonds is 7. The first-order valence-corrected chi connectivity index (χ1v) is 13.5. The van der Waals surface area contributed by atoms with E-state index >= 15 is 0 Å². The molecule has 2 N–H and O–H groups in total. The van der Waals surface area contributed by atoms with Crippen LogP contribution in [0, 0.1) is 5.82 Å². The van der Waals surface area contributed by atoms with Gasteiger partial charge in [-0.3, -0.25) is 0 Å². The molecular weight excluding hydrogens is 536 g/mol. The SMILES string of the molecule is CP(C)(=O)CNc1cc(Br)c(Oc2ccc(O)c(Cc3ccc(F)cc3)c2)c(Br)c1. The predicted molar refractivity (Wildman–Crippen MR) is 127 cm³/mol. The van der Waals surface area contributed by atoms with Gasteiger partial charge >= 0.3 is 0 Å². The molecule has 0 aliphatic rings. The highest BCUT2D eigenvalue weighted by Crippen LogP contribution is 2.41. The first-order chi connectivity index (χ1) is 14.1. The fourth-order valence-electron chi connectivity index (χ4n) is 2.75. The lowest BCUT2D eigenvalue weighted by Gasteiger charge is -2.15. The van der Waals surface area contributed by atoms with Crippen molar-refractivity contribution in [3.63, 3.8) is 0 Å². The molecule has 30 heavy (non-hydrogen) atoms. The second kappa shape index (κ2) is 9.54. The third-order valence-corrected chi connectivity index (χ3v) is 6.34. The lowest BCUT2D eigenvalue weighted by molar-refractivity contribution is 0.457. The first-order valence-electron chi connectivity index (χ1n) is 9.12. The highest BCUT2D eigenvalue weighted by Gasteiger charge is 2.14. The molecule has 3 aromatic rings. The van der Waals surface area contributed by atoms with E-state index in [2.05, 4.69) is 37.2 Å². The molecule has 0 bridgehead atoms. The number of ether oxygens (including phenoxy) is 1. The van der Waals surface area contributed by atoms with E-state index in [9.17, 15) is 14.1 Å². The van der Waals surface area contributed by atoms with E-state index in [1.807, 2.05) is 12.1 Å². The van der Waals surface area contributed by atoms with Crippen molar-refractivity contribution < 1.29 is 18.8 Å². The molecule has 0 saturated heterocycles. The molecule has 3 aromatic carbocycles. The van der Waals surface area contributed by atoms with Crippen LogP contribution in [0.15, 0.2) is 63.5 Å². The second-order valence-corrected chi connectivity index (χ2v) is 12.5. The summed E-state index contributed by atoms with van der Waals surface area (Å²) in [6.07, 6.45) is 0.847. The van der Waals surface area contributed by atoms with E-state index in [4.69, 9.17) is 4.74 Å². The van der Waals surface area contributed by atoms with Gasteiger partial charge in [-0.25, -0.2) is 4.39 Å². The smallest absolute Gasteiger partial charge is 0.155 e. The number of halogens is 3. The Morgan fingerprint density at radius 1 is 1.03 bits per heavy atom. The minimum Gasteiger partial charge on any atom is -0.508 e. The zero-order valence-corrected chi connectivity index (χ0v) is 20.5. The highest BCUT2D eigenvalue weighted by molar-refractivity contribution is 9.11. The number of benzene rings is 3. The van der Waals surface area contributed by atoms with Gasteiger partial charge in [0.2, 0.25) is 0 Å². The van der Waals surface area contributed by atoms with Crippen LogP contribution in [0.2, 0.25) is 0 Å². The van der Waals surface area contributed by atoms with Crippen LogP contribution in [0.5, 0.6) is 17.2 Å². The van der Waals surface area contributed by atoms with Crippen LogP contribution in [-0.4, -0.2) is 24.7 Å². The largest absolute Gasteiger partial charge is 0.508 e. The van der Waals surface area contributed by atoms with Gasteiger partial charge < -0.3 is 19.7 Å². The lowest BCUT2D eigenvalue weighted by Crippen LogP contribution is -2.01. The zero-order valence-electron chi connectivity index (χ0n) is 16.5. The van der Waals surface area contributed by atoms with Gasteiger partial charge in [-0.15, -0.1) is 0 Å². The summed E-state index contributed by atoms with van der Waals surface area (Å²) in [5.41, 5.74) is 2.37. The van der Waals surface area contributed by atoms with Gasteiger partial charge in [-0.05, 0) is 93.2 Å². The van der Waals surface area contributed by atoms with Crippen LogP contribution in [-0.2, 0) is 11.0 Å². The zero-order chi connectivity index (χ0) is 21.9. The van der Waals surface area contributed by atoms with Crippen LogP contribution < -0.4 is 10.1 Å². The Balaban J connectivity index is 1.80. The summed E-state index contributed by atoms with van der Waals surface area (Å²) >= 11 is 7.04. The van der Waals surface area contributed by atoms with Crippen molar-refractivity contribution in [3.8, 4) is 17.2 Å². The summed E-state index contributed by atoms with van der Waals surface area (Å²) in [6.45, 7) is 3.46. The van der Waals surface area contributed by atoms with E-state index in [0.717, 1.165) is 20.2 Å². The maximum absolute atomic E-state index is 13.1. The maximum Gasteiger partial charge on any atom is 0.155 e. The van der Waals surface area contributed by atoms with Crippen LogP contribution in [0.3, 0.4) is 0 Å². The average Bonchev–Trinajstić information content (AvgIpc) is 2.66. The Hall–Kier alpha value is -1.82. The number of hydrogen-bond donors (Lipinski definition) is 2. The minimum atomic E-state index is -2.19. The van der Waals surface area contributed by atoms with Crippen molar-refractivity contribution in [2.75, 3.05) is 24.9 Å². The summed E-state index contributed by atoms with van der Waals surface area (Å²) in [7, 11) is -2.19. The molecule has 0 spiro atoms. The van der Waals surface area contributed by atoms with Gasteiger partial charge in [0.15, 0.2) is 5.75 Å². The Kier molecular flexibility index (Phi) is 7.27. The third kappa shape index (κ3) is 6.34. The Morgan fingerprint density at radius 3 is 2.27 bits per heavy atom. The van der Waals surface area contributed by atoms with Crippen molar-refractivity contribution in [3.05, 3.63) is 80.5 Å². The molecule has 0 aliphatic carbocycles. The molecule has 0 fully saturated rings. The number of phenolic OH excluding ortho intramolecular Hbond substituents is 1. The summed E-state index contributed by atoms with van der Waals surface area (Å²) < 4.78 is 32.5. The van der Waals surface area contributed by atoms with Crippen molar-refractivity contribution >= 4 is 44.7 Å². The Labute approximate surface area is 192 Å². The molecule has 0 heterocycles. The molecule has 3 rings (SSSR count). The summed E-state index contributed by atoms with van der Waals surface area (Å²) in [5.74, 6) is 0.982. The van der Waals surface area contributed by atoms with Crippen LogP contribution >= 0.6 is 39.0 Å². The van der Waals surface area contributed by atoms with Crippen molar-refractivity contribution in [2.24, 2.45) is 0 Å². The molecule has 0 unspecified atom stereocenters. The Bertz CT molecular complexity index is 1080. The number of anilines is 1. The van der Waals surface area contributed by atoms with Crippen LogP contribution in [0.1, 0.15) is 11.1 Å². The molecule has 158 valence electrons. The fraction of sp³-hybridized carbons (Fsp3) is 0.182. The second-order valence-electron chi connectivity index (χ2n) is 7.37. The van der Waals surface area contributed by atoms with Gasteiger partial charge in [0.05, 0.1) is 22.4 Å². The van der Waals surface area contributed by atoms with Crippen molar-refractivity contribution in [1.29, 1.82) is 0 Å². The quantitative estimate of drug-likeness (QED) is 0.297. The summed E-state index contributed by atoms with van der Waals surface area (Å²) in [6, 6.07) is 14.9. The summed E-state index contributed by atoms with van der Waals surface area (Å²) in [4.78, 5) is 0. The normalized spacial score (nSPS) is 11.4. The fourth-order valence-corrected chi connectivity index (χ4v) is 4.66. The highest BCUT2D eigenvalue weighted by atomic mass is 79.9. The van der Waals surface area contributed by atoms with Crippen LogP contribution in [0.25, 0.3) is 0 Å². The average molecular weight is 557 g/mol. The topological polar surface area (TPSA) is 58.6 Å². The van der Waals surface area contributed by atoms with Crippen molar-refractivity contribution in [2.45, 2.75) is 6.42 Å². The van der Waals surface area contributed by atoms with Gasteiger partial charge in [-0.2, -0.15) is 0 Å². The molecule has 0 atom stereocenters. The van der Waals surface area contributed by atoms with E-state index in [-0.39, 0.29) is 11.6 Å². The number of phenols is 1. The first kappa shape index (κ1) is 22.9. The minimum absolute atomic E-state index is 0.146. The molecule has 0 aromatic heterocycles. The van der Waals surface area contributed by atoms with Gasteiger partial charge in [0.25, 0.3) is 0 Å². The molecule has 0 saturated carbocycles. The predicted octanol–water partition coefficient (Wildman–Crippen LogP) is 7.43. The monoisotopic (exact) mass is 555 g/mol. The van der Waals surface area contributed by atoms with E-state index in [0.29, 0.717) is 29.8 Å². The number of aromatic hydroxyl groups is 1. The molecule has 8 heteroatoms. The molecular formula is C22H21Br2FNO3P. The van der Waals surface area contributed by atoms with Gasteiger partial charge in [0, 0.05) is 17.7 Å². The van der Waals surface area contributed by atoms with Gasteiger partial charge in [0.1, 0.15) is 17.3 Å². The third-order valence-electron chi connectivity index (χ3n) is 4.24. The molecule has 0 radical (unpaired) electrons. The van der Waals surface area contributed by atoms with E-state index in [1.165, 1.54) is 12.1 Å². The molecule has 0 amide bonds. The van der Waals surface area contributed by atoms with Crippen LogP contribution in [0.4, 0.5) is 10.1 Å². The lowest BCUT2D eigenvalue weighted by atomic mass is 10.0. The molecule has 4 nitrogen and oxygen atoms in total. The standard InChI is InChI=1S/C22H21Br2FNO3P/c1-30(2,28)13-26-17-11-19(23)22(20(24)12-17)29-18-7-8-21(27)15(10-18)9-14-3-5-16(25)6-4-14/h3-8,10-12,26-27H,9,13H2,1-2H3.